The first-order valence-corrected chi connectivity index (χ1v) is 10.8. The molecule has 36 heavy (non-hydrogen) atoms. The topological polar surface area (TPSA) is 316 Å². The molecule has 0 bridgehead atoms. The number of carbonyl (C=O) groups is 6. The van der Waals surface area contributed by atoms with Gasteiger partial charge in [0, 0.05) is 13.0 Å². The minimum atomic E-state index is -1.72. The number of nitrogens with one attached hydrogen (secondary N) is 3. The van der Waals surface area contributed by atoms with Crippen LogP contribution in [0.15, 0.2) is 4.99 Å². The Morgan fingerprint density at radius 2 is 1.44 bits per heavy atom. The van der Waals surface area contributed by atoms with Crippen molar-refractivity contribution in [3.63, 3.8) is 0 Å². The van der Waals surface area contributed by atoms with Gasteiger partial charge in [0.05, 0.1) is 18.6 Å². The monoisotopic (exact) mass is 518 g/mol. The SMILES string of the molecule is CC(O)C(NC(=O)C(CC(N)=O)NC(=O)C(N)CCCN=C(N)N)C(=O)NC(CCC(=O)O)C(=O)O. The molecule has 0 radical (unpaired) electrons. The number of hydrogen-bond acceptors (Lipinski definition) is 9. The zero-order valence-corrected chi connectivity index (χ0v) is 19.7. The molecule has 0 aromatic rings. The van der Waals surface area contributed by atoms with Gasteiger partial charge in [0.25, 0.3) is 0 Å². The fourth-order valence-corrected chi connectivity index (χ4v) is 2.79. The lowest BCUT2D eigenvalue weighted by Crippen LogP contribution is -2.60. The number of aliphatic imine (C=N–C) groups is 1. The van der Waals surface area contributed by atoms with Gasteiger partial charge >= 0.3 is 11.9 Å². The van der Waals surface area contributed by atoms with Gasteiger partial charge in [-0.05, 0) is 26.2 Å². The molecule has 204 valence electrons. The number of carbonyl (C=O) groups excluding carboxylic acids is 4. The Bertz CT molecular complexity index is 845. The van der Waals surface area contributed by atoms with Crippen LogP contribution in [0.5, 0.6) is 0 Å². The molecule has 0 aliphatic rings. The van der Waals surface area contributed by atoms with Crippen LogP contribution in [-0.2, 0) is 28.8 Å². The molecule has 14 N–H and O–H groups in total. The Morgan fingerprint density at radius 1 is 0.861 bits per heavy atom. The molecule has 0 heterocycles. The van der Waals surface area contributed by atoms with E-state index in [1.165, 1.54) is 0 Å². The lowest BCUT2D eigenvalue weighted by atomic mass is 10.1. The van der Waals surface area contributed by atoms with Gasteiger partial charge in [-0.15, -0.1) is 0 Å². The first kappa shape index (κ1) is 32.0. The number of amides is 4. The molecule has 17 heteroatoms. The van der Waals surface area contributed by atoms with Gasteiger partial charge < -0.3 is 54.2 Å². The van der Waals surface area contributed by atoms with Crippen molar-refractivity contribution >= 4 is 41.5 Å². The van der Waals surface area contributed by atoms with Crippen LogP contribution in [0.25, 0.3) is 0 Å². The molecular formula is C19H34N8O9. The number of aliphatic carboxylic acids is 2. The van der Waals surface area contributed by atoms with Crippen molar-refractivity contribution in [2.75, 3.05) is 6.54 Å². The molecule has 0 aliphatic heterocycles. The molecule has 5 unspecified atom stereocenters. The van der Waals surface area contributed by atoms with Crippen molar-refractivity contribution < 1.29 is 44.1 Å². The number of nitrogens with zero attached hydrogens (tertiary/aromatic N) is 1. The summed E-state index contributed by atoms with van der Waals surface area (Å²) in [6.07, 6.45) is -2.80. The van der Waals surface area contributed by atoms with E-state index >= 15 is 0 Å². The molecule has 0 spiro atoms. The molecule has 0 aromatic heterocycles. The number of nitrogens with two attached hydrogens (primary N) is 4. The van der Waals surface area contributed by atoms with Crippen LogP contribution < -0.4 is 38.9 Å². The first-order valence-electron chi connectivity index (χ1n) is 10.8. The van der Waals surface area contributed by atoms with Crippen LogP contribution in [-0.4, -0.2) is 93.7 Å². The van der Waals surface area contributed by atoms with E-state index in [-0.39, 0.29) is 18.9 Å². The van der Waals surface area contributed by atoms with Gasteiger partial charge in [0.1, 0.15) is 18.1 Å². The van der Waals surface area contributed by atoms with Gasteiger partial charge in [-0.3, -0.25) is 29.0 Å². The summed E-state index contributed by atoms with van der Waals surface area (Å²) in [6.45, 7) is 1.31. The van der Waals surface area contributed by atoms with Gasteiger partial charge in [-0.25, -0.2) is 4.79 Å². The molecule has 5 atom stereocenters. The molecular weight excluding hydrogens is 484 g/mol. The summed E-state index contributed by atoms with van der Waals surface area (Å²) in [5, 5.41) is 34.3. The predicted octanol–water partition coefficient (Wildman–Crippen LogP) is -4.97. The lowest BCUT2D eigenvalue weighted by molar-refractivity contribution is -0.144. The van der Waals surface area contributed by atoms with Crippen LogP contribution in [0.1, 0.15) is 39.0 Å². The third-order valence-electron chi connectivity index (χ3n) is 4.67. The lowest BCUT2D eigenvalue weighted by Gasteiger charge is -2.26. The van der Waals surface area contributed by atoms with Gasteiger partial charge in [-0.2, -0.15) is 0 Å². The largest absolute Gasteiger partial charge is 0.481 e. The average Bonchev–Trinajstić information content (AvgIpc) is 2.75. The van der Waals surface area contributed by atoms with Gasteiger partial charge in [-0.1, -0.05) is 0 Å². The van der Waals surface area contributed by atoms with Crippen molar-refractivity contribution in [2.45, 2.75) is 69.3 Å². The fourth-order valence-electron chi connectivity index (χ4n) is 2.79. The predicted molar refractivity (Wildman–Crippen MR) is 124 cm³/mol. The maximum Gasteiger partial charge on any atom is 0.326 e. The summed E-state index contributed by atoms with van der Waals surface area (Å²) < 4.78 is 0. The summed E-state index contributed by atoms with van der Waals surface area (Å²) in [6, 6.07) is -6.02. The fraction of sp³-hybridized carbons (Fsp3) is 0.632. The van der Waals surface area contributed by atoms with E-state index in [1.807, 2.05) is 5.32 Å². The van der Waals surface area contributed by atoms with E-state index in [0.717, 1.165) is 6.92 Å². The number of rotatable bonds is 17. The van der Waals surface area contributed by atoms with E-state index in [0.29, 0.717) is 6.42 Å². The Labute approximate surface area is 206 Å². The maximum atomic E-state index is 12.7. The van der Waals surface area contributed by atoms with Crippen molar-refractivity contribution in [1.29, 1.82) is 0 Å². The second-order valence-corrected chi connectivity index (χ2v) is 7.85. The highest BCUT2D eigenvalue weighted by Gasteiger charge is 2.33. The maximum absolute atomic E-state index is 12.7. The molecule has 0 saturated carbocycles. The first-order chi connectivity index (χ1) is 16.6. The highest BCUT2D eigenvalue weighted by Crippen LogP contribution is 2.04. The standard InChI is InChI=1S/C19H34N8O9/c1-8(28)14(17(34)25-10(18(35)36)4-5-13(30)31)27-16(33)11(7-12(21)29)26-15(32)9(20)3-2-6-24-19(22)23/h8-11,14,28H,2-7,20H2,1H3,(H2,21,29)(H,25,34)(H,26,32)(H,27,33)(H,30,31)(H,35,36)(H4,22,23,24). The molecule has 0 aromatic carbocycles. The van der Waals surface area contributed by atoms with E-state index in [2.05, 4.69) is 15.6 Å². The minimum Gasteiger partial charge on any atom is -0.481 e. The Morgan fingerprint density at radius 3 is 1.92 bits per heavy atom. The smallest absolute Gasteiger partial charge is 0.326 e. The zero-order chi connectivity index (χ0) is 28.0. The van der Waals surface area contributed by atoms with E-state index in [1.54, 1.807) is 0 Å². The van der Waals surface area contributed by atoms with Crippen molar-refractivity contribution in [3.8, 4) is 0 Å². The van der Waals surface area contributed by atoms with Crippen LogP contribution >= 0.6 is 0 Å². The normalized spacial score (nSPS) is 14.8. The quantitative estimate of drug-likeness (QED) is 0.0491. The number of aliphatic hydroxyl groups is 1. The second kappa shape index (κ2) is 15.8. The van der Waals surface area contributed by atoms with E-state index in [9.17, 15) is 39.0 Å². The molecule has 17 nitrogen and oxygen atoms in total. The number of carboxylic acids is 2. The summed E-state index contributed by atoms with van der Waals surface area (Å²) >= 11 is 0. The van der Waals surface area contributed by atoms with Crippen LogP contribution in [0.2, 0.25) is 0 Å². The van der Waals surface area contributed by atoms with Crippen LogP contribution in [0.3, 0.4) is 0 Å². The Hall–Kier alpha value is -3.99. The summed E-state index contributed by atoms with van der Waals surface area (Å²) in [7, 11) is 0. The highest BCUT2D eigenvalue weighted by atomic mass is 16.4. The van der Waals surface area contributed by atoms with Crippen LogP contribution in [0.4, 0.5) is 0 Å². The second-order valence-electron chi connectivity index (χ2n) is 7.85. The third-order valence-corrected chi connectivity index (χ3v) is 4.67. The molecule has 0 fully saturated rings. The minimum absolute atomic E-state index is 0.124. The Balaban J connectivity index is 5.35. The summed E-state index contributed by atoms with van der Waals surface area (Å²) in [5.41, 5.74) is 21.3. The molecule has 0 aliphatic carbocycles. The molecule has 4 amide bonds. The van der Waals surface area contributed by atoms with Crippen molar-refractivity contribution in [3.05, 3.63) is 0 Å². The molecule has 0 saturated heterocycles. The summed E-state index contributed by atoms with van der Waals surface area (Å²) in [5.74, 6) is -7.00. The van der Waals surface area contributed by atoms with Crippen molar-refractivity contribution in [2.24, 2.45) is 27.9 Å². The highest BCUT2D eigenvalue weighted by molar-refractivity contribution is 5.96. The average molecular weight is 519 g/mol. The summed E-state index contributed by atoms with van der Waals surface area (Å²) in [4.78, 5) is 74.8. The number of guanidine groups is 1. The Kier molecular flexibility index (Phi) is 14.1. The van der Waals surface area contributed by atoms with Crippen molar-refractivity contribution in [1.82, 2.24) is 16.0 Å². The zero-order valence-electron chi connectivity index (χ0n) is 19.7. The van der Waals surface area contributed by atoms with E-state index < -0.39 is 85.1 Å². The third kappa shape index (κ3) is 13.0. The van der Waals surface area contributed by atoms with Gasteiger partial charge in [0.15, 0.2) is 5.96 Å². The molecule has 0 rings (SSSR count). The van der Waals surface area contributed by atoms with Crippen LogP contribution in [0, 0.1) is 0 Å². The number of hydrogen-bond donors (Lipinski definition) is 10. The number of aliphatic hydroxyl groups excluding tert-OH is 1. The van der Waals surface area contributed by atoms with E-state index in [4.69, 9.17) is 28.0 Å². The number of carboxylic acid groups (broad SMARTS) is 2. The van der Waals surface area contributed by atoms with Gasteiger partial charge in [0.2, 0.25) is 23.6 Å². The number of primary amides is 1.